The highest BCUT2D eigenvalue weighted by Crippen LogP contribution is 2.03. The minimum Gasteiger partial charge on any atom is -0.463 e. The van der Waals surface area contributed by atoms with Crippen LogP contribution < -0.4 is 0 Å². The maximum absolute atomic E-state index is 11.0. The summed E-state index contributed by atoms with van der Waals surface area (Å²) in [5.74, 6) is 5.49. The summed E-state index contributed by atoms with van der Waals surface area (Å²) in [5.41, 5.74) is 1.02. The van der Waals surface area contributed by atoms with Crippen molar-refractivity contribution in [2.24, 2.45) is 0 Å². The molecule has 0 aromatic heterocycles. The summed E-state index contributed by atoms with van der Waals surface area (Å²) in [5, 5.41) is 0. The van der Waals surface area contributed by atoms with Crippen LogP contribution in [0.4, 0.5) is 0 Å². The molecule has 0 aliphatic heterocycles. The van der Waals surface area contributed by atoms with Crippen LogP contribution in [0.2, 0.25) is 0 Å². The third-order valence-corrected chi connectivity index (χ3v) is 1.47. The molecular formula is C11H16O2. The summed E-state index contributed by atoms with van der Waals surface area (Å²) in [7, 11) is 0. The third kappa shape index (κ3) is 7.14. The van der Waals surface area contributed by atoms with Crippen LogP contribution in [0, 0.1) is 11.8 Å². The normalized spacial score (nSPS) is 10.2. The van der Waals surface area contributed by atoms with Crippen molar-refractivity contribution in [2.75, 3.05) is 6.61 Å². The maximum Gasteiger partial charge on any atom is 0.330 e. The van der Waals surface area contributed by atoms with Gasteiger partial charge >= 0.3 is 5.97 Å². The Hall–Kier alpha value is -1.23. The van der Waals surface area contributed by atoms with Crippen LogP contribution in [0.25, 0.3) is 0 Å². The van der Waals surface area contributed by atoms with E-state index in [-0.39, 0.29) is 5.97 Å². The number of carbonyl (C=O) groups excluding carboxylic acids is 1. The van der Waals surface area contributed by atoms with Crippen molar-refractivity contribution in [3.05, 3.63) is 11.6 Å². The molecule has 72 valence electrons. The van der Waals surface area contributed by atoms with Crippen LogP contribution in [-0.2, 0) is 9.53 Å². The first-order valence-electron chi connectivity index (χ1n) is 4.44. The molecule has 0 radical (unpaired) electrons. The van der Waals surface area contributed by atoms with Gasteiger partial charge in [-0.3, -0.25) is 0 Å². The van der Waals surface area contributed by atoms with E-state index in [1.807, 2.05) is 13.8 Å². The maximum atomic E-state index is 11.0. The molecule has 0 unspecified atom stereocenters. The number of esters is 1. The summed E-state index contributed by atoms with van der Waals surface area (Å²) in [6, 6.07) is 0. The lowest BCUT2D eigenvalue weighted by molar-refractivity contribution is -0.137. The van der Waals surface area contributed by atoms with E-state index in [4.69, 9.17) is 4.74 Å². The third-order valence-electron chi connectivity index (χ3n) is 1.47. The molecule has 13 heavy (non-hydrogen) atoms. The first-order valence-corrected chi connectivity index (χ1v) is 4.44. The second-order valence-electron chi connectivity index (χ2n) is 2.67. The SMILES string of the molecule is CC#CCC/C(C)=C\C(=O)OCC. The Morgan fingerprint density at radius 1 is 1.54 bits per heavy atom. The van der Waals surface area contributed by atoms with E-state index in [1.165, 1.54) is 6.08 Å². The van der Waals surface area contributed by atoms with Gasteiger partial charge in [-0.15, -0.1) is 11.8 Å². The molecule has 0 aromatic carbocycles. The van der Waals surface area contributed by atoms with Crippen LogP contribution in [0.3, 0.4) is 0 Å². The number of allylic oxidation sites excluding steroid dienone is 1. The van der Waals surface area contributed by atoms with E-state index in [9.17, 15) is 4.79 Å². The average molecular weight is 180 g/mol. The molecule has 0 rings (SSSR count). The van der Waals surface area contributed by atoms with Gasteiger partial charge in [0.25, 0.3) is 0 Å². The van der Waals surface area contributed by atoms with Crippen LogP contribution in [0.15, 0.2) is 11.6 Å². The Morgan fingerprint density at radius 3 is 2.77 bits per heavy atom. The number of hydrogen-bond acceptors (Lipinski definition) is 2. The molecule has 0 saturated heterocycles. The quantitative estimate of drug-likeness (QED) is 0.377. The molecule has 0 fully saturated rings. The summed E-state index contributed by atoms with van der Waals surface area (Å²) in [6.45, 7) is 5.94. The number of ether oxygens (including phenoxy) is 1. The van der Waals surface area contributed by atoms with Crippen molar-refractivity contribution in [1.29, 1.82) is 0 Å². The van der Waals surface area contributed by atoms with Crippen molar-refractivity contribution < 1.29 is 9.53 Å². The zero-order valence-corrected chi connectivity index (χ0v) is 8.52. The topological polar surface area (TPSA) is 26.3 Å². The highest BCUT2D eigenvalue weighted by molar-refractivity contribution is 5.82. The second kappa shape index (κ2) is 7.42. The molecule has 0 bridgehead atoms. The van der Waals surface area contributed by atoms with Gasteiger partial charge in [0.15, 0.2) is 0 Å². The Labute approximate surface area is 80.0 Å². The summed E-state index contributed by atoms with van der Waals surface area (Å²) >= 11 is 0. The largest absolute Gasteiger partial charge is 0.463 e. The Bertz CT molecular complexity index is 241. The van der Waals surface area contributed by atoms with Gasteiger partial charge in [-0.1, -0.05) is 5.57 Å². The molecule has 0 aliphatic rings. The highest BCUT2D eigenvalue weighted by atomic mass is 16.5. The molecule has 2 heteroatoms. The lowest BCUT2D eigenvalue weighted by atomic mass is 10.1. The van der Waals surface area contributed by atoms with E-state index < -0.39 is 0 Å². The monoisotopic (exact) mass is 180 g/mol. The Kier molecular flexibility index (Phi) is 6.72. The molecule has 0 aromatic rings. The van der Waals surface area contributed by atoms with Crippen LogP contribution in [0.1, 0.15) is 33.6 Å². The van der Waals surface area contributed by atoms with Crippen molar-refractivity contribution in [3.63, 3.8) is 0 Å². The van der Waals surface area contributed by atoms with Gasteiger partial charge in [-0.2, -0.15) is 0 Å². The van der Waals surface area contributed by atoms with Gasteiger partial charge in [0.05, 0.1) is 6.61 Å². The first-order chi connectivity index (χ1) is 6.20. The highest BCUT2D eigenvalue weighted by Gasteiger charge is 1.96. The van der Waals surface area contributed by atoms with Crippen molar-refractivity contribution in [2.45, 2.75) is 33.6 Å². The molecule has 0 amide bonds. The Morgan fingerprint density at radius 2 is 2.23 bits per heavy atom. The standard InChI is InChI=1S/C11H16O2/c1-4-6-7-8-10(3)9-11(12)13-5-2/h9H,5,7-8H2,1-3H3/b10-9-. The van der Waals surface area contributed by atoms with Crippen molar-refractivity contribution in [3.8, 4) is 11.8 Å². The van der Waals surface area contributed by atoms with Gasteiger partial charge < -0.3 is 4.74 Å². The van der Waals surface area contributed by atoms with E-state index >= 15 is 0 Å². The van der Waals surface area contributed by atoms with E-state index in [0.717, 1.165) is 18.4 Å². The van der Waals surface area contributed by atoms with Gasteiger partial charge in [-0.05, 0) is 27.2 Å². The fraction of sp³-hybridized carbons (Fsp3) is 0.545. The zero-order chi connectivity index (χ0) is 10.1. The summed E-state index contributed by atoms with van der Waals surface area (Å²) in [6.07, 6.45) is 3.17. The fourth-order valence-electron chi connectivity index (χ4n) is 0.842. The van der Waals surface area contributed by atoms with Crippen LogP contribution in [-0.4, -0.2) is 12.6 Å². The second-order valence-corrected chi connectivity index (χ2v) is 2.67. The van der Waals surface area contributed by atoms with Crippen molar-refractivity contribution in [1.82, 2.24) is 0 Å². The van der Waals surface area contributed by atoms with E-state index in [1.54, 1.807) is 6.92 Å². The molecular weight excluding hydrogens is 164 g/mol. The smallest absolute Gasteiger partial charge is 0.330 e. The molecule has 0 saturated carbocycles. The van der Waals surface area contributed by atoms with Crippen LogP contribution in [0.5, 0.6) is 0 Å². The zero-order valence-electron chi connectivity index (χ0n) is 8.52. The van der Waals surface area contributed by atoms with E-state index in [2.05, 4.69) is 11.8 Å². The Balaban J connectivity index is 3.84. The molecule has 0 atom stereocenters. The average Bonchev–Trinajstić information content (AvgIpc) is 2.05. The number of carbonyl (C=O) groups is 1. The van der Waals surface area contributed by atoms with Gasteiger partial charge in [-0.25, -0.2) is 4.79 Å². The molecule has 2 nitrogen and oxygen atoms in total. The number of hydrogen-bond donors (Lipinski definition) is 0. The molecule has 0 heterocycles. The van der Waals surface area contributed by atoms with E-state index in [0.29, 0.717) is 6.61 Å². The minimum absolute atomic E-state index is 0.260. The minimum atomic E-state index is -0.260. The van der Waals surface area contributed by atoms with Crippen molar-refractivity contribution >= 4 is 5.97 Å². The fourth-order valence-corrected chi connectivity index (χ4v) is 0.842. The summed E-state index contributed by atoms with van der Waals surface area (Å²) in [4.78, 5) is 11.0. The summed E-state index contributed by atoms with van der Waals surface area (Å²) < 4.78 is 4.77. The lowest BCUT2D eigenvalue weighted by Gasteiger charge is -1.98. The van der Waals surface area contributed by atoms with Gasteiger partial charge in [0, 0.05) is 12.5 Å². The van der Waals surface area contributed by atoms with Crippen LogP contribution >= 0.6 is 0 Å². The molecule has 0 N–H and O–H groups in total. The first kappa shape index (κ1) is 11.8. The van der Waals surface area contributed by atoms with Gasteiger partial charge in [0.1, 0.15) is 0 Å². The number of rotatable bonds is 4. The van der Waals surface area contributed by atoms with Gasteiger partial charge in [0.2, 0.25) is 0 Å². The molecule has 0 aliphatic carbocycles. The lowest BCUT2D eigenvalue weighted by Crippen LogP contribution is -2.00. The molecule has 0 spiro atoms. The predicted molar refractivity (Wildman–Crippen MR) is 53.1 cm³/mol. The predicted octanol–water partition coefficient (Wildman–Crippen LogP) is 2.30.